The first kappa shape index (κ1) is 30.0. The number of hydrogen-bond acceptors (Lipinski definition) is 2. The maximum absolute atomic E-state index is 14.6. The fourth-order valence-corrected chi connectivity index (χ4v) is 5.01. The molecule has 3 aromatic rings. The number of nitrogens with zero attached hydrogens (tertiary/aromatic N) is 1. The standard InChI is InChI=1S/C32H32F5N3O/c1-4-31(33,34)27-18-26(15-14-22(27)3)39-29(41)40-30(19-23-9-6-5-7-10-23,28-16-13-21(2)20-38-28)24-11-8-12-25(17-24)32(35,36)37/h5-13,16-18,20H,4,14-15,19H2,1-3H3,(H2,39,40,41). The molecule has 41 heavy (non-hydrogen) atoms. The van der Waals surface area contributed by atoms with Crippen molar-refractivity contribution in [1.82, 2.24) is 15.6 Å². The van der Waals surface area contributed by atoms with Crippen molar-refractivity contribution in [2.45, 2.75) is 64.1 Å². The zero-order chi connectivity index (χ0) is 29.8. The maximum Gasteiger partial charge on any atom is 0.416 e. The van der Waals surface area contributed by atoms with Crippen molar-refractivity contribution in [2.24, 2.45) is 0 Å². The van der Waals surface area contributed by atoms with Crippen LogP contribution in [0, 0.1) is 6.92 Å². The molecule has 0 spiro atoms. The van der Waals surface area contributed by atoms with Gasteiger partial charge in [-0.15, -0.1) is 0 Å². The Bertz CT molecular complexity index is 1450. The van der Waals surface area contributed by atoms with Gasteiger partial charge in [0.2, 0.25) is 0 Å². The van der Waals surface area contributed by atoms with E-state index in [0.717, 1.165) is 23.3 Å². The van der Waals surface area contributed by atoms with Crippen molar-refractivity contribution in [3.8, 4) is 0 Å². The topological polar surface area (TPSA) is 54.0 Å². The van der Waals surface area contributed by atoms with Crippen LogP contribution in [0.4, 0.5) is 26.7 Å². The maximum atomic E-state index is 14.6. The Hall–Kier alpha value is -4.01. The molecular formula is C32H32F5N3O. The van der Waals surface area contributed by atoms with Crippen molar-refractivity contribution in [3.63, 3.8) is 0 Å². The van der Waals surface area contributed by atoms with Crippen molar-refractivity contribution < 1.29 is 26.7 Å². The normalized spacial score (nSPS) is 15.7. The van der Waals surface area contributed by atoms with E-state index in [2.05, 4.69) is 15.6 Å². The van der Waals surface area contributed by atoms with Crippen LogP contribution in [0.2, 0.25) is 0 Å². The number of pyridine rings is 1. The summed E-state index contributed by atoms with van der Waals surface area (Å²) in [5, 5.41) is 5.61. The molecule has 1 atom stereocenters. The van der Waals surface area contributed by atoms with Crippen LogP contribution in [0.15, 0.2) is 95.8 Å². The van der Waals surface area contributed by atoms with E-state index in [0.29, 0.717) is 29.8 Å². The highest BCUT2D eigenvalue weighted by Crippen LogP contribution is 2.38. The molecule has 1 heterocycles. The average molecular weight is 570 g/mol. The lowest BCUT2D eigenvalue weighted by Crippen LogP contribution is -2.52. The van der Waals surface area contributed by atoms with E-state index in [1.54, 1.807) is 37.4 Å². The summed E-state index contributed by atoms with van der Waals surface area (Å²) < 4.78 is 70.6. The second-order valence-corrected chi connectivity index (χ2v) is 10.4. The van der Waals surface area contributed by atoms with Crippen LogP contribution >= 0.6 is 0 Å². The van der Waals surface area contributed by atoms with Crippen molar-refractivity contribution >= 4 is 6.03 Å². The van der Waals surface area contributed by atoms with Gasteiger partial charge in [-0.3, -0.25) is 4.98 Å². The Morgan fingerprint density at radius 3 is 2.24 bits per heavy atom. The number of carbonyl (C=O) groups is 1. The van der Waals surface area contributed by atoms with E-state index in [9.17, 15) is 26.7 Å². The highest BCUT2D eigenvalue weighted by atomic mass is 19.4. The number of hydrogen-bond donors (Lipinski definition) is 2. The number of halogens is 5. The number of carbonyl (C=O) groups excluding carboxylic acids is 1. The molecular weight excluding hydrogens is 537 g/mol. The van der Waals surface area contributed by atoms with E-state index in [4.69, 9.17) is 0 Å². The third-order valence-corrected chi connectivity index (χ3v) is 7.33. The summed E-state index contributed by atoms with van der Waals surface area (Å²) in [6.45, 7) is 4.87. The SMILES string of the molecule is CCC(F)(F)C1=C(C)CCC(NC(=O)NC(Cc2ccccc2)(c2cccc(C(F)(F)F)c2)c2ccc(C)cn2)=C1. The van der Waals surface area contributed by atoms with Crippen LogP contribution in [0.5, 0.6) is 0 Å². The second kappa shape index (κ2) is 11.8. The number of rotatable bonds is 8. The van der Waals surface area contributed by atoms with Crippen LogP contribution in [0.3, 0.4) is 0 Å². The van der Waals surface area contributed by atoms with Gasteiger partial charge in [-0.05, 0) is 67.7 Å². The molecule has 1 aliphatic rings. The zero-order valence-electron chi connectivity index (χ0n) is 23.1. The molecule has 1 unspecified atom stereocenters. The summed E-state index contributed by atoms with van der Waals surface area (Å²) in [6.07, 6.45) is -1.36. The Labute approximate surface area is 236 Å². The summed E-state index contributed by atoms with van der Waals surface area (Å²) >= 11 is 0. The molecule has 0 saturated heterocycles. The minimum absolute atomic E-state index is 0.0792. The van der Waals surface area contributed by atoms with Gasteiger partial charge in [-0.25, -0.2) is 13.6 Å². The first-order valence-electron chi connectivity index (χ1n) is 13.4. The summed E-state index contributed by atoms with van der Waals surface area (Å²) in [4.78, 5) is 18.1. The molecule has 1 aromatic heterocycles. The Morgan fingerprint density at radius 2 is 1.61 bits per heavy atom. The fraction of sp³-hybridized carbons (Fsp3) is 0.312. The van der Waals surface area contributed by atoms with Crippen LogP contribution in [-0.4, -0.2) is 16.9 Å². The number of allylic oxidation sites excluding steroid dienone is 4. The smallest absolute Gasteiger partial charge is 0.322 e. The van der Waals surface area contributed by atoms with E-state index in [1.807, 2.05) is 25.1 Å². The molecule has 0 aliphatic heterocycles. The minimum Gasteiger partial charge on any atom is -0.322 e. The molecule has 0 saturated carbocycles. The molecule has 2 amide bonds. The summed E-state index contributed by atoms with van der Waals surface area (Å²) in [6, 6.07) is 16.5. The van der Waals surface area contributed by atoms with Crippen LogP contribution in [0.25, 0.3) is 0 Å². The Balaban J connectivity index is 1.82. The highest BCUT2D eigenvalue weighted by Gasteiger charge is 2.40. The van der Waals surface area contributed by atoms with Gasteiger partial charge >= 0.3 is 12.2 Å². The zero-order valence-corrected chi connectivity index (χ0v) is 23.1. The van der Waals surface area contributed by atoms with Crippen LogP contribution in [0.1, 0.15) is 61.1 Å². The number of aromatic nitrogens is 1. The van der Waals surface area contributed by atoms with Gasteiger partial charge in [0.05, 0.1) is 11.3 Å². The van der Waals surface area contributed by atoms with E-state index in [-0.39, 0.29) is 24.0 Å². The van der Waals surface area contributed by atoms with Gasteiger partial charge in [-0.1, -0.05) is 61.0 Å². The number of aryl methyl sites for hydroxylation is 1. The number of nitrogens with one attached hydrogen (secondary N) is 2. The molecule has 4 rings (SSSR count). The fourth-order valence-electron chi connectivity index (χ4n) is 5.01. The number of amides is 2. The number of urea groups is 1. The van der Waals surface area contributed by atoms with Gasteiger partial charge in [0.25, 0.3) is 5.92 Å². The molecule has 2 N–H and O–H groups in total. The van der Waals surface area contributed by atoms with E-state index >= 15 is 0 Å². The quantitative estimate of drug-likeness (QED) is 0.269. The molecule has 1 aliphatic carbocycles. The monoisotopic (exact) mass is 569 g/mol. The number of benzene rings is 2. The predicted molar refractivity (Wildman–Crippen MR) is 148 cm³/mol. The van der Waals surface area contributed by atoms with Gasteiger partial charge < -0.3 is 10.6 Å². The summed E-state index contributed by atoms with van der Waals surface area (Å²) in [5.74, 6) is -3.05. The highest BCUT2D eigenvalue weighted by molar-refractivity contribution is 5.78. The van der Waals surface area contributed by atoms with E-state index < -0.39 is 29.2 Å². The minimum atomic E-state index is -4.62. The first-order valence-corrected chi connectivity index (χ1v) is 13.4. The molecule has 9 heteroatoms. The van der Waals surface area contributed by atoms with Gasteiger partial charge in [0, 0.05) is 30.3 Å². The molecule has 216 valence electrons. The molecule has 2 aromatic carbocycles. The summed E-state index contributed by atoms with van der Waals surface area (Å²) in [5.41, 5.74) is 0.390. The lowest BCUT2D eigenvalue weighted by atomic mass is 9.79. The Kier molecular flexibility index (Phi) is 8.66. The Morgan fingerprint density at radius 1 is 0.902 bits per heavy atom. The van der Waals surface area contributed by atoms with Gasteiger partial charge in [0.15, 0.2) is 0 Å². The van der Waals surface area contributed by atoms with Crippen molar-refractivity contribution in [2.75, 3.05) is 0 Å². The van der Waals surface area contributed by atoms with Crippen LogP contribution < -0.4 is 10.6 Å². The van der Waals surface area contributed by atoms with E-state index in [1.165, 1.54) is 25.1 Å². The molecule has 0 radical (unpaired) electrons. The first-order chi connectivity index (χ1) is 19.3. The lowest BCUT2D eigenvalue weighted by molar-refractivity contribution is -0.137. The second-order valence-electron chi connectivity index (χ2n) is 10.4. The average Bonchev–Trinajstić information content (AvgIpc) is 2.94. The van der Waals surface area contributed by atoms with Crippen molar-refractivity contribution in [1.29, 1.82) is 0 Å². The van der Waals surface area contributed by atoms with Gasteiger partial charge in [-0.2, -0.15) is 13.2 Å². The largest absolute Gasteiger partial charge is 0.416 e. The lowest BCUT2D eigenvalue weighted by Gasteiger charge is -2.36. The molecule has 4 nitrogen and oxygen atoms in total. The predicted octanol–water partition coefficient (Wildman–Crippen LogP) is 8.23. The van der Waals surface area contributed by atoms with Crippen LogP contribution in [-0.2, 0) is 18.1 Å². The molecule has 0 fully saturated rings. The third kappa shape index (κ3) is 6.84. The third-order valence-electron chi connectivity index (χ3n) is 7.33. The van der Waals surface area contributed by atoms with Crippen molar-refractivity contribution in [3.05, 3.63) is 124 Å². The number of alkyl halides is 5. The summed E-state index contributed by atoms with van der Waals surface area (Å²) in [7, 11) is 0. The molecule has 0 bridgehead atoms. The van der Waals surface area contributed by atoms with Gasteiger partial charge in [0.1, 0.15) is 5.54 Å².